The predicted octanol–water partition coefficient (Wildman–Crippen LogP) is 3.03. The molecule has 1 heterocycles. The third-order valence-electron chi connectivity index (χ3n) is 3.93. The topological polar surface area (TPSA) is 29.5 Å². The van der Waals surface area contributed by atoms with E-state index in [1.165, 1.54) is 6.42 Å². The van der Waals surface area contributed by atoms with Crippen molar-refractivity contribution in [1.29, 1.82) is 0 Å². The maximum absolute atomic E-state index is 12.4. The quantitative estimate of drug-likeness (QED) is 0.833. The number of hydrogen-bond acceptors (Lipinski definition) is 2. The molecule has 0 radical (unpaired) electrons. The van der Waals surface area contributed by atoms with Gasteiger partial charge in [-0.25, -0.2) is 0 Å². The van der Waals surface area contributed by atoms with E-state index in [-0.39, 0.29) is 5.91 Å². The minimum atomic E-state index is 0.261. The normalized spacial score (nSPS) is 19.3. The van der Waals surface area contributed by atoms with Crippen LogP contribution in [0.15, 0.2) is 24.3 Å². The monoisotopic (exact) mass is 261 g/mol. The summed E-state index contributed by atoms with van der Waals surface area (Å²) in [6.45, 7) is 3.09. The van der Waals surface area contributed by atoms with Gasteiger partial charge in [-0.05, 0) is 43.4 Å². The summed E-state index contributed by atoms with van der Waals surface area (Å²) in [5.41, 5.74) is 1.06. The second kappa shape index (κ2) is 6.60. The van der Waals surface area contributed by atoms with Crippen molar-refractivity contribution in [3.63, 3.8) is 0 Å². The van der Waals surface area contributed by atoms with Crippen LogP contribution in [0, 0.1) is 0 Å². The first-order valence-electron chi connectivity index (χ1n) is 7.17. The molecule has 0 unspecified atom stereocenters. The zero-order valence-corrected chi connectivity index (χ0v) is 11.9. The Balaban J connectivity index is 1.98. The molecule has 0 saturated carbocycles. The lowest BCUT2D eigenvalue weighted by molar-refractivity contribution is -0.134. The fourth-order valence-corrected chi connectivity index (χ4v) is 2.77. The first-order valence-corrected chi connectivity index (χ1v) is 7.17. The SMILES string of the molecule is CC[C@H]1CCCCN1C(=O)Cc1ccc(OC)cc1. The van der Waals surface area contributed by atoms with Crippen LogP contribution in [0.1, 0.15) is 38.2 Å². The highest BCUT2D eigenvalue weighted by Gasteiger charge is 2.24. The molecular weight excluding hydrogens is 238 g/mol. The summed E-state index contributed by atoms with van der Waals surface area (Å²) in [7, 11) is 1.65. The maximum atomic E-state index is 12.4. The second-order valence-corrected chi connectivity index (χ2v) is 5.17. The number of benzene rings is 1. The van der Waals surface area contributed by atoms with Gasteiger partial charge in [-0.1, -0.05) is 19.1 Å². The Bertz CT molecular complexity index is 413. The maximum Gasteiger partial charge on any atom is 0.227 e. The average molecular weight is 261 g/mol. The number of carbonyl (C=O) groups excluding carboxylic acids is 1. The molecule has 3 heteroatoms. The number of hydrogen-bond donors (Lipinski definition) is 0. The van der Waals surface area contributed by atoms with Gasteiger partial charge in [0.1, 0.15) is 5.75 Å². The van der Waals surface area contributed by atoms with E-state index in [0.717, 1.165) is 37.1 Å². The molecule has 0 N–H and O–H groups in total. The smallest absolute Gasteiger partial charge is 0.227 e. The zero-order chi connectivity index (χ0) is 13.7. The predicted molar refractivity (Wildman–Crippen MR) is 76.3 cm³/mol. The third-order valence-corrected chi connectivity index (χ3v) is 3.93. The number of amides is 1. The minimum Gasteiger partial charge on any atom is -0.497 e. The van der Waals surface area contributed by atoms with Crippen LogP contribution in [-0.4, -0.2) is 30.5 Å². The van der Waals surface area contributed by atoms with Crippen molar-refractivity contribution in [1.82, 2.24) is 4.90 Å². The molecule has 1 aromatic carbocycles. The molecule has 0 aromatic heterocycles. The first kappa shape index (κ1) is 13.9. The molecular formula is C16H23NO2. The van der Waals surface area contributed by atoms with Crippen LogP contribution in [0.4, 0.5) is 0 Å². The highest BCUT2D eigenvalue weighted by molar-refractivity contribution is 5.79. The van der Waals surface area contributed by atoms with E-state index in [9.17, 15) is 4.79 Å². The summed E-state index contributed by atoms with van der Waals surface area (Å²) >= 11 is 0. The van der Waals surface area contributed by atoms with Crippen LogP contribution in [-0.2, 0) is 11.2 Å². The molecule has 1 amide bonds. The van der Waals surface area contributed by atoms with E-state index in [2.05, 4.69) is 11.8 Å². The summed E-state index contributed by atoms with van der Waals surface area (Å²) in [6, 6.07) is 8.22. The largest absolute Gasteiger partial charge is 0.497 e. The van der Waals surface area contributed by atoms with Crippen molar-refractivity contribution >= 4 is 5.91 Å². The van der Waals surface area contributed by atoms with Crippen LogP contribution in [0.25, 0.3) is 0 Å². The Morgan fingerprint density at radius 2 is 2.05 bits per heavy atom. The van der Waals surface area contributed by atoms with Crippen LogP contribution in [0.5, 0.6) is 5.75 Å². The standard InChI is InChI=1S/C16H23NO2/c1-3-14-6-4-5-11-17(14)16(18)12-13-7-9-15(19-2)10-8-13/h7-10,14H,3-6,11-12H2,1-2H3/t14-/m0/s1. The summed E-state index contributed by atoms with van der Waals surface area (Å²) in [4.78, 5) is 14.5. The summed E-state index contributed by atoms with van der Waals surface area (Å²) < 4.78 is 5.13. The number of methoxy groups -OCH3 is 1. The Hall–Kier alpha value is -1.51. The van der Waals surface area contributed by atoms with Crippen molar-refractivity contribution in [3.8, 4) is 5.75 Å². The fourth-order valence-electron chi connectivity index (χ4n) is 2.77. The first-order chi connectivity index (χ1) is 9.24. The van der Waals surface area contributed by atoms with Crippen molar-refractivity contribution in [3.05, 3.63) is 29.8 Å². The van der Waals surface area contributed by atoms with E-state index in [1.54, 1.807) is 7.11 Å². The van der Waals surface area contributed by atoms with Crippen molar-refractivity contribution in [2.75, 3.05) is 13.7 Å². The van der Waals surface area contributed by atoms with Gasteiger partial charge in [0.2, 0.25) is 5.91 Å². The molecule has 3 nitrogen and oxygen atoms in total. The molecule has 2 rings (SSSR count). The number of piperidine rings is 1. The van der Waals surface area contributed by atoms with E-state index in [4.69, 9.17) is 4.74 Å². The van der Waals surface area contributed by atoms with Crippen molar-refractivity contribution in [2.45, 2.75) is 45.1 Å². The van der Waals surface area contributed by atoms with Crippen molar-refractivity contribution in [2.24, 2.45) is 0 Å². The van der Waals surface area contributed by atoms with E-state index >= 15 is 0 Å². The average Bonchev–Trinajstić information content (AvgIpc) is 2.48. The molecule has 1 saturated heterocycles. The van der Waals surface area contributed by atoms with Gasteiger partial charge in [0.15, 0.2) is 0 Å². The van der Waals surface area contributed by atoms with Crippen LogP contribution in [0.2, 0.25) is 0 Å². The second-order valence-electron chi connectivity index (χ2n) is 5.17. The Kier molecular flexibility index (Phi) is 4.83. The lowest BCUT2D eigenvalue weighted by Crippen LogP contribution is -2.44. The van der Waals surface area contributed by atoms with E-state index < -0.39 is 0 Å². The van der Waals surface area contributed by atoms with Gasteiger partial charge in [0, 0.05) is 12.6 Å². The number of ether oxygens (including phenoxy) is 1. The Labute approximate surface area is 115 Å². The molecule has 1 aliphatic rings. The highest BCUT2D eigenvalue weighted by Crippen LogP contribution is 2.21. The zero-order valence-electron chi connectivity index (χ0n) is 11.9. The molecule has 1 aromatic rings. The van der Waals surface area contributed by atoms with Gasteiger partial charge < -0.3 is 9.64 Å². The lowest BCUT2D eigenvalue weighted by atomic mass is 9.99. The Morgan fingerprint density at radius 3 is 2.68 bits per heavy atom. The number of nitrogens with zero attached hydrogens (tertiary/aromatic N) is 1. The van der Waals surface area contributed by atoms with Gasteiger partial charge >= 0.3 is 0 Å². The van der Waals surface area contributed by atoms with Crippen LogP contribution >= 0.6 is 0 Å². The molecule has 0 bridgehead atoms. The van der Waals surface area contributed by atoms with Gasteiger partial charge in [-0.3, -0.25) is 4.79 Å². The Morgan fingerprint density at radius 1 is 1.32 bits per heavy atom. The molecule has 0 spiro atoms. The van der Waals surface area contributed by atoms with Crippen LogP contribution < -0.4 is 4.74 Å². The van der Waals surface area contributed by atoms with E-state index in [0.29, 0.717) is 12.5 Å². The van der Waals surface area contributed by atoms with Gasteiger partial charge in [0.25, 0.3) is 0 Å². The van der Waals surface area contributed by atoms with Gasteiger partial charge in [0.05, 0.1) is 13.5 Å². The molecule has 0 aliphatic carbocycles. The molecule has 1 atom stereocenters. The molecule has 1 fully saturated rings. The summed E-state index contributed by atoms with van der Waals surface area (Å²) in [5.74, 6) is 1.09. The highest BCUT2D eigenvalue weighted by atomic mass is 16.5. The van der Waals surface area contributed by atoms with Crippen LogP contribution in [0.3, 0.4) is 0 Å². The summed E-state index contributed by atoms with van der Waals surface area (Å²) in [5, 5.41) is 0. The third kappa shape index (κ3) is 3.49. The molecule has 19 heavy (non-hydrogen) atoms. The molecule has 104 valence electrons. The molecule has 1 aliphatic heterocycles. The lowest BCUT2D eigenvalue weighted by Gasteiger charge is -2.35. The number of rotatable bonds is 4. The van der Waals surface area contributed by atoms with Gasteiger partial charge in [-0.2, -0.15) is 0 Å². The van der Waals surface area contributed by atoms with Gasteiger partial charge in [-0.15, -0.1) is 0 Å². The van der Waals surface area contributed by atoms with Crippen molar-refractivity contribution < 1.29 is 9.53 Å². The number of carbonyl (C=O) groups is 1. The summed E-state index contributed by atoms with van der Waals surface area (Å²) in [6.07, 6.45) is 5.12. The number of likely N-dealkylation sites (tertiary alicyclic amines) is 1. The fraction of sp³-hybridized carbons (Fsp3) is 0.562. The minimum absolute atomic E-state index is 0.261. The van der Waals surface area contributed by atoms with E-state index in [1.807, 2.05) is 24.3 Å².